The largest absolute Gasteiger partial charge is 0.368 e. The van der Waals surface area contributed by atoms with Gasteiger partial charge in [-0.1, -0.05) is 6.07 Å². The Hall–Kier alpha value is -3.46. The molecule has 0 aromatic heterocycles. The first-order chi connectivity index (χ1) is 17.5. The van der Waals surface area contributed by atoms with E-state index >= 15 is 0 Å². The Labute approximate surface area is 210 Å². The molecule has 36 heavy (non-hydrogen) atoms. The van der Waals surface area contributed by atoms with Crippen LogP contribution in [0.2, 0.25) is 0 Å². The van der Waals surface area contributed by atoms with Gasteiger partial charge in [0.25, 0.3) is 11.8 Å². The van der Waals surface area contributed by atoms with Gasteiger partial charge >= 0.3 is 0 Å². The van der Waals surface area contributed by atoms with Gasteiger partial charge in [0.2, 0.25) is 5.91 Å². The third-order valence-electron chi connectivity index (χ3n) is 7.05. The van der Waals surface area contributed by atoms with E-state index in [1.54, 1.807) is 23.1 Å². The molecule has 0 spiro atoms. The second kappa shape index (κ2) is 10.7. The van der Waals surface area contributed by atoms with Crippen LogP contribution in [0.5, 0.6) is 0 Å². The molecule has 2 aromatic carbocycles. The van der Waals surface area contributed by atoms with Crippen LogP contribution < -0.4 is 15.5 Å². The predicted octanol–water partition coefficient (Wildman–Crippen LogP) is 2.57. The van der Waals surface area contributed by atoms with E-state index in [9.17, 15) is 18.8 Å². The van der Waals surface area contributed by atoms with Crippen molar-refractivity contribution in [3.63, 3.8) is 0 Å². The number of carbonyl (C=O) groups excluding carboxylic acids is 3. The summed E-state index contributed by atoms with van der Waals surface area (Å²) in [4.78, 5) is 44.5. The Morgan fingerprint density at radius 1 is 0.833 bits per heavy atom. The summed E-state index contributed by atoms with van der Waals surface area (Å²) in [7, 11) is 0. The van der Waals surface area contributed by atoms with Crippen LogP contribution in [0.1, 0.15) is 40.0 Å². The van der Waals surface area contributed by atoms with Gasteiger partial charge in [-0.2, -0.15) is 0 Å². The summed E-state index contributed by atoms with van der Waals surface area (Å²) in [5.41, 5.74) is 2.39. The molecule has 1 aliphatic carbocycles. The lowest BCUT2D eigenvalue weighted by Gasteiger charge is -2.29. The lowest BCUT2D eigenvalue weighted by Crippen LogP contribution is -2.46. The molecule has 190 valence electrons. The fraction of sp³-hybridized carbons (Fsp3) is 0.444. The van der Waals surface area contributed by atoms with Gasteiger partial charge in [0.1, 0.15) is 5.82 Å². The molecule has 2 aromatic rings. The summed E-state index contributed by atoms with van der Waals surface area (Å²) >= 11 is 0. The second-order valence-corrected chi connectivity index (χ2v) is 9.68. The quantitative estimate of drug-likeness (QED) is 0.669. The van der Waals surface area contributed by atoms with Crippen molar-refractivity contribution in [2.24, 2.45) is 5.92 Å². The standard InChI is InChI=1S/C27H32FN5O3/c28-22-4-1-3-20(17-22)26(35)32-12-2-11-31(15-16-32)24-8-7-21(27(36)33-13-9-29-10-14-33)18-23(24)30-25(34)19-5-6-19/h1,3-4,7-8,17-19,29H,2,5-6,9-16H2,(H,30,34). The van der Waals surface area contributed by atoms with Crippen molar-refractivity contribution < 1.29 is 18.8 Å². The average Bonchev–Trinajstić information content (AvgIpc) is 3.76. The molecule has 3 aliphatic rings. The zero-order valence-electron chi connectivity index (χ0n) is 20.3. The second-order valence-electron chi connectivity index (χ2n) is 9.68. The van der Waals surface area contributed by atoms with Gasteiger partial charge in [-0.3, -0.25) is 14.4 Å². The van der Waals surface area contributed by atoms with Gasteiger partial charge in [-0.05, 0) is 55.7 Å². The van der Waals surface area contributed by atoms with Gasteiger partial charge in [-0.25, -0.2) is 4.39 Å². The number of carbonyl (C=O) groups is 3. The van der Waals surface area contributed by atoms with Gasteiger partial charge < -0.3 is 25.3 Å². The summed E-state index contributed by atoms with van der Waals surface area (Å²) in [5.74, 6) is -0.623. The van der Waals surface area contributed by atoms with Crippen LogP contribution in [0.4, 0.5) is 15.8 Å². The van der Waals surface area contributed by atoms with E-state index in [4.69, 9.17) is 0 Å². The topological polar surface area (TPSA) is 85.0 Å². The molecular formula is C27H32FN5O3. The summed E-state index contributed by atoms with van der Waals surface area (Å²) in [6.07, 6.45) is 2.52. The number of amides is 3. The van der Waals surface area contributed by atoms with Crippen molar-refractivity contribution in [3.05, 3.63) is 59.4 Å². The number of nitrogens with one attached hydrogen (secondary N) is 2. The number of piperazine rings is 1. The molecule has 0 bridgehead atoms. The summed E-state index contributed by atoms with van der Waals surface area (Å²) < 4.78 is 13.6. The minimum atomic E-state index is -0.427. The van der Waals surface area contributed by atoms with E-state index in [-0.39, 0.29) is 23.6 Å². The van der Waals surface area contributed by atoms with E-state index < -0.39 is 5.82 Å². The van der Waals surface area contributed by atoms with E-state index in [0.29, 0.717) is 56.1 Å². The lowest BCUT2D eigenvalue weighted by atomic mass is 10.1. The van der Waals surface area contributed by atoms with Crippen molar-refractivity contribution in [3.8, 4) is 0 Å². The first-order valence-electron chi connectivity index (χ1n) is 12.7. The number of rotatable bonds is 5. The Kier molecular flexibility index (Phi) is 7.18. The normalized spacial score (nSPS) is 18.5. The van der Waals surface area contributed by atoms with E-state index in [1.165, 1.54) is 12.1 Å². The summed E-state index contributed by atoms with van der Waals surface area (Å²) in [6, 6.07) is 11.3. The van der Waals surface area contributed by atoms with Crippen LogP contribution in [-0.2, 0) is 4.79 Å². The van der Waals surface area contributed by atoms with Crippen LogP contribution >= 0.6 is 0 Å². The summed E-state index contributed by atoms with van der Waals surface area (Å²) in [5, 5.41) is 6.33. The van der Waals surface area contributed by atoms with E-state index in [1.807, 2.05) is 17.0 Å². The lowest BCUT2D eigenvalue weighted by molar-refractivity contribution is -0.117. The van der Waals surface area contributed by atoms with Gasteiger partial charge in [0.15, 0.2) is 0 Å². The van der Waals surface area contributed by atoms with Crippen LogP contribution in [0.25, 0.3) is 0 Å². The fourth-order valence-electron chi connectivity index (χ4n) is 4.84. The minimum absolute atomic E-state index is 0.0132. The van der Waals surface area contributed by atoms with E-state index in [2.05, 4.69) is 15.5 Å². The first-order valence-corrected chi connectivity index (χ1v) is 12.7. The molecule has 0 unspecified atom stereocenters. The molecule has 2 aliphatic heterocycles. The molecule has 3 fully saturated rings. The highest BCUT2D eigenvalue weighted by Gasteiger charge is 2.31. The van der Waals surface area contributed by atoms with Crippen molar-refractivity contribution in [2.45, 2.75) is 19.3 Å². The van der Waals surface area contributed by atoms with Crippen molar-refractivity contribution in [1.29, 1.82) is 0 Å². The fourth-order valence-corrected chi connectivity index (χ4v) is 4.84. The summed E-state index contributed by atoms with van der Waals surface area (Å²) in [6.45, 7) is 5.17. The molecular weight excluding hydrogens is 461 g/mol. The van der Waals surface area contributed by atoms with Gasteiger partial charge in [-0.15, -0.1) is 0 Å². The Balaban J connectivity index is 1.34. The maximum atomic E-state index is 13.6. The number of halogens is 1. The van der Waals surface area contributed by atoms with Crippen molar-refractivity contribution >= 4 is 29.1 Å². The minimum Gasteiger partial charge on any atom is -0.368 e. The number of benzene rings is 2. The van der Waals surface area contributed by atoms with Crippen LogP contribution in [-0.4, -0.2) is 79.9 Å². The number of hydrogen-bond donors (Lipinski definition) is 2. The molecule has 3 amide bonds. The van der Waals surface area contributed by atoms with E-state index in [0.717, 1.165) is 38.0 Å². The molecule has 0 atom stereocenters. The Bertz CT molecular complexity index is 1150. The molecule has 2 heterocycles. The van der Waals surface area contributed by atoms with Crippen LogP contribution in [0.15, 0.2) is 42.5 Å². The monoisotopic (exact) mass is 493 g/mol. The van der Waals surface area contributed by atoms with Gasteiger partial charge in [0.05, 0.1) is 11.4 Å². The highest BCUT2D eigenvalue weighted by Crippen LogP contribution is 2.34. The zero-order valence-corrected chi connectivity index (χ0v) is 20.3. The maximum absolute atomic E-state index is 13.6. The SMILES string of the molecule is O=C(Nc1cc(C(=O)N2CCNCC2)ccc1N1CCCN(C(=O)c2cccc(F)c2)CC1)C1CC1. The number of nitrogens with zero attached hydrogens (tertiary/aromatic N) is 3. The first kappa shape index (κ1) is 24.2. The highest BCUT2D eigenvalue weighted by molar-refractivity contribution is 6.01. The smallest absolute Gasteiger partial charge is 0.254 e. The highest BCUT2D eigenvalue weighted by atomic mass is 19.1. The third-order valence-corrected chi connectivity index (χ3v) is 7.05. The molecule has 2 saturated heterocycles. The van der Waals surface area contributed by atoms with Crippen LogP contribution in [0, 0.1) is 11.7 Å². The molecule has 8 nitrogen and oxygen atoms in total. The Morgan fingerprint density at radius 3 is 2.28 bits per heavy atom. The van der Waals surface area contributed by atoms with Crippen molar-refractivity contribution in [2.75, 3.05) is 62.6 Å². The predicted molar refractivity (Wildman–Crippen MR) is 136 cm³/mol. The Morgan fingerprint density at radius 2 is 1.56 bits per heavy atom. The molecule has 0 radical (unpaired) electrons. The van der Waals surface area contributed by atoms with Gasteiger partial charge in [0, 0.05) is 69.4 Å². The average molecular weight is 494 g/mol. The van der Waals surface area contributed by atoms with Crippen LogP contribution in [0.3, 0.4) is 0 Å². The zero-order chi connectivity index (χ0) is 25.1. The van der Waals surface area contributed by atoms with Crippen molar-refractivity contribution in [1.82, 2.24) is 15.1 Å². The number of anilines is 2. The molecule has 1 saturated carbocycles. The molecule has 5 rings (SSSR count). The third kappa shape index (κ3) is 5.51. The number of hydrogen-bond acceptors (Lipinski definition) is 5. The maximum Gasteiger partial charge on any atom is 0.254 e. The molecule has 2 N–H and O–H groups in total. The molecule has 9 heteroatoms.